The second-order valence-corrected chi connectivity index (χ2v) is 5.10. The monoisotopic (exact) mass is 318 g/mol. The molecular formula is C15H15BrN2O. The third-order valence-corrected chi connectivity index (χ3v) is 3.72. The van der Waals surface area contributed by atoms with Gasteiger partial charge in [-0.1, -0.05) is 22.0 Å². The number of anilines is 2. The highest BCUT2D eigenvalue weighted by Crippen LogP contribution is 2.21. The summed E-state index contributed by atoms with van der Waals surface area (Å²) >= 11 is 3.45. The second kappa shape index (κ2) is 5.89. The van der Waals surface area contributed by atoms with Gasteiger partial charge in [0, 0.05) is 28.5 Å². The summed E-state index contributed by atoms with van der Waals surface area (Å²) in [6.07, 6.45) is 0. The predicted molar refractivity (Wildman–Crippen MR) is 82.8 cm³/mol. The number of hydrogen-bond donors (Lipinski definition) is 2. The largest absolute Gasteiger partial charge is 0.388 e. The topological polar surface area (TPSA) is 41.1 Å². The number of carbonyl (C=O) groups is 1. The number of rotatable bonds is 3. The number of hydrogen-bond acceptors (Lipinski definition) is 2. The molecule has 2 aromatic rings. The van der Waals surface area contributed by atoms with Crippen LogP contribution in [0.15, 0.2) is 46.9 Å². The number of aryl methyl sites for hydroxylation is 1. The SMILES string of the molecule is CNc1ccc(C(=O)Nc2ccc(C)c(Br)c2)cc1. The highest BCUT2D eigenvalue weighted by molar-refractivity contribution is 9.10. The molecule has 0 aliphatic carbocycles. The van der Waals surface area contributed by atoms with E-state index >= 15 is 0 Å². The zero-order valence-electron chi connectivity index (χ0n) is 10.8. The van der Waals surface area contributed by atoms with Crippen LogP contribution in [-0.4, -0.2) is 13.0 Å². The summed E-state index contributed by atoms with van der Waals surface area (Å²) in [6.45, 7) is 2.01. The first-order valence-electron chi connectivity index (χ1n) is 5.95. The summed E-state index contributed by atoms with van der Waals surface area (Å²) in [5, 5.41) is 5.89. The molecule has 0 fully saturated rings. The maximum absolute atomic E-state index is 12.1. The van der Waals surface area contributed by atoms with Crippen LogP contribution in [0, 0.1) is 6.92 Å². The van der Waals surface area contributed by atoms with Gasteiger partial charge in [-0.25, -0.2) is 0 Å². The molecule has 3 nitrogen and oxygen atoms in total. The molecule has 0 saturated carbocycles. The smallest absolute Gasteiger partial charge is 0.255 e. The molecule has 0 aliphatic rings. The third-order valence-electron chi connectivity index (χ3n) is 2.87. The molecule has 0 saturated heterocycles. The van der Waals surface area contributed by atoms with Crippen LogP contribution in [0.3, 0.4) is 0 Å². The van der Waals surface area contributed by atoms with Gasteiger partial charge in [-0.3, -0.25) is 4.79 Å². The van der Waals surface area contributed by atoms with Crippen LogP contribution in [-0.2, 0) is 0 Å². The van der Waals surface area contributed by atoms with Gasteiger partial charge in [-0.2, -0.15) is 0 Å². The molecule has 0 aromatic heterocycles. The van der Waals surface area contributed by atoms with E-state index in [1.54, 1.807) is 12.1 Å². The minimum Gasteiger partial charge on any atom is -0.388 e. The molecule has 2 rings (SSSR count). The van der Waals surface area contributed by atoms with Gasteiger partial charge in [0.2, 0.25) is 0 Å². The highest BCUT2D eigenvalue weighted by Gasteiger charge is 2.06. The summed E-state index contributed by atoms with van der Waals surface area (Å²) < 4.78 is 0.982. The van der Waals surface area contributed by atoms with Gasteiger partial charge in [-0.15, -0.1) is 0 Å². The number of nitrogens with one attached hydrogen (secondary N) is 2. The number of amides is 1. The van der Waals surface area contributed by atoms with Crippen molar-refractivity contribution in [2.75, 3.05) is 17.7 Å². The Morgan fingerprint density at radius 2 is 1.68 bits per heavy atom. The summed E-state index contributed by atoms with van der Waals surface area (Å²) in [4.78, 5) is 12.1. The van der Waals surface area contributed by atoms with Gasteiger partial charge < -0.3 is 10.6 Å². The Morgan fingerprint density at radius 3 is 2.26 bits per heavy atom. The minimum absolute atomic E-state index is 0.113. The van der Waals surface area contributed by atoms with Crippen molar-refractivity contribution in [3.63, 3.8) is 0 Å². The van der Waals surface area contributed by atoms with E-state index in [1.807, 2.05) is 44.3 Å². The van der Waals surface area contributed by atoms with Gasteiger partial charge in [0.25, 0.3) is 5.91 Å². The van der Waals surface area contributed by atoms with Gasteiger partial charge in [0.1, 0.15) is 0 Å². The molecule has 0 atom stereocenters. The molecule has 0 radical (unpaired) electrons. The van der Waals surface area contributed by atoms with Crippen molar-refractivity contribution in [1.82, 2.24) is 0 Å². The van der Waals surface area contributed by atoms with E-state index in [-0.39, 0.29) is 5.91 Å². The molecule has 98 valence electrons. The quantitative estimate of drug-likeness (QED) is 0.896. The van der Waals surface area contributed by atoms with Crippen molar-refractivity contribution in [3.8, 4) is 0 Å². The van der Waals surface area contributed by atoms with Crippen molar-refractivity contribution < 1.29 is 4.79 Å². The lowest BCUT2D eigenvalue weighted by Gasteiger charge is -2.07. The fraction of sp³-hybridized carbons (Fsp3) is 0.133. The van der Waals surface area contributed by atoms with E-state index in [9.17, 15) is 4.79 Å². The van der Waals surface area contributed by atoms with Crippen LogP contribution in [0.2, 0.25) is 0 Å². The van der Waals surface area contributed by atoms with Crippen LogP contribution in [0.5, 0.6) is 0 Å². The van der Waals surface area contributed by atoms with Crippen LogP contribution < -0.4 is 10.6 Å². The maximum atomic E-state index is 12.1. The Hall–Kier alpha value is -1.81. The van der Waals surface area contributed by atoms with Crippen molar-refractivity contribution in [2.45, 2.75) is 6.92 Å². The molecule has 0 aliphatic heterocycles. The fourth-order valence-electron chi connectivity index (χ4n) is 1.66. The average Bonchev–Trinajstić information content (AvgIpc) is 2.43. The highest BCUT2D eigenvalue weighted by atomic mass is 79.9. The van der Waals surface area contributed by atoms with Crippen molar-refractivity contribution in [2.24, 2.45) is 0 Å². The molecule has 0 unspecified atom stereocenters. The van der Waals surface area contributed by atoms with Gasteiger partial charge in [-0.05, 0) is 48.9 Å². The number of carbonyl (C=O) groups excluding carboxylic acids is 1. The fourth-order valence-corrected chi connectivity index (χ4v) is 2.04. The van der Waals surface area contributed by atoms with E-state index in [4.69, 9.17) is 0 Å². The van der Waals surface area contributed by atoms with Gasteiger partial charge >= 0.3 is 0 Å². The van der Waals surface area contributed by atoms with E-state index in [2.05, 4.69) is 26.6 Å². The Bertz CT molecular complexity index is 594. The van der Waals surface area contributed by atoms with E-state index in [1.165, 1.54) is 0 Å². The third kappa shape index (κ3) is 3.35. The summed E-state index contributed by atoms with van der Waals surface area (Å²) in [7, 11) is 1.85. The molecule has 0 heterocycles. The molecule has 19 heavy (non-hydrogen) atoms. The minimum atomic E-state index is -0.113. The van der Waals surface area contributed by atoms with Gasteiger partial charge in [0.05, 0.1) is 0 Å². The number of benzene rings is 2. The van der Waals surface area contributed by atoms with Crippen molar-refractivity contribution in [3.05, 3.63) is 58.1 Å². The van der Waals surface area contributed by atoms with Gasteiger partial charge in [0.15, 0.2) is 0 Å². The first-order valence-corrected chi connectivity index (χ1v) is 6.75. The van der Waals surface area contributed by atoms with Crippen LogP contribution in [0.1, 0.15) is 15.9 Å². The van der Waals surface area contributed by atoms with E-state index in [0.29, 0.717) is 5.56 Å². The Morgan fingerprint density at radius 1 is 1.05 bits per heavy atom. The maximum Gasteiger partial charge on any atom is 0.255 e. The second-order valence-electron chi connectivity index (χ2n) is 4.25. The zero-order chi connectivity index (χ0) is 13.8. The molecular weight excluding hydrogens is 304 g/mol. The van der Waals surface area contributed by atoms with Crippen LogP contribution in [0.4, 0.5) is 11.4 Å². The molecule has 0 bridgehead atoms. The Labute approximate surface area is 121 Å². The first kappa shape index (κ1) is 13.6. The lowest BCUT2D eigenvalue weighted by Crippen LogP contribution is -2.11. The zero-order valence-corrected chi connectivity index (χ0v) is 12.4. The summed E-state index contributed by atoms with van der Waals surface area (Å²) in [5.41, 5.74) is 3.53. The predicted octanol–water partition coefficient (Wildman–Crippen LogP) is 4.05. The molecule has 0 spiro atoms. The van der Waals surface area contributed by atoms with Crippen molar-refractivity contribution in [1.29, 1.82) is 0 Å². The average molecular weight is 319 g/mol. The lowest BCUT2D eigenvalue weighted by molar-refractivity contribution is 0.102. The Balaban J connectivity index is 2.13. The summed E-state index contributed by atoms with van der Waals surface area (Å²) in [5.74, 6) is -0.113. The Kier molecular flexibility index (Phi) is 4.22. The van der Waals surface area contributed by atoms with Crippen molar-refractivity contribution >= 4 is 33.2 Å². The van der Waals surface area contributed by atoms with Crippen LogP contribution >= 0.6 is 15.9 Å². The lowest BCUT2D eigenvalue weighted by atomic mass is 10.2. The molecule has 2 N–H and O–H groups in total. The van der Waals surface area contributed by atoms with E-state index in [0.717, 1.165) is 21.4 Å². The normalized spacial score (nSPS) is 10.1. The molecule has 2 aromatic carbocycles. The molecule has 4 heteroatoms. The standard InChI is InChI=1S/C15H15BrN2O/c1-10-3-6-13(9-14(10)16)18-15(19)11-4-7-12(17-2)8-5-11/h3-9,17H,1-2H3,(H,18,19). The summed E-state index contributed by atoms with van der Waals surface area (Å²) in [6, 6.07) is 13.1. The van der Waals surface area contributed by atoms with Crippen LogP contribution in [0.25, 0.3) is 0 Å². The number of halogens is 1. The first-order chi connectivity index (χ1) is 9.10. The van der Waals surface area contributed by atoms with E-state index < -0.39 is 0 Å². The molecule has 1 amide bonds.